The monoisotopic (exact) mass is 223 g/mol. The lowest BCUT2D eigenvalue weighted by Gasteiger charge is -2.27. The molecule has 16 heavy (non-hydrogen) atoms. The first kappa shape index (κ1) is 11.6. The Kier molecular flexibility index (Phi) is 3.91. The highest BCUT2D eigenvalue weighted by Crippen LogP contribution is 2.19. The summed E-state index contributed by atoms with van der Waals surface area (Å²) in [6.07, 6.45) is 2.10. The first-order chi connectivity index (χ1) is 7.77. The van der Waals surface area contributed by atoms with Gasteiger partial charge in [0.15, 0.2) is 0 Å². The molecule has 1 heterocycles. The van der Waals surface area contributed by atoms with E-state index < -0.39 is 6.10 Å². The number of aliphatic hydroxyl groups is 1. The van der Waals surface area contributed by atoms with Crippen LogP contribution in [0.4, 0.5) is 4.39 Å². The molecule has 0 aliphatic carbocycles. The molecule has 1 aromatic carbocycles. The first-order valence-corrected chi connectivity index (χ1v) is 5.89. The summed E-state index contributed by atoms with van der Waals surface area (Å²) >= 11 is 0. The molecule has 2 nitrogen and oxygen atoms in total. The van der Waals surface area contributed by atoms with Crippen LogP contribution in [0.1, 0.15) is 18.4 Å². The zero-order chi connectivity index (χ0) is 11.4. The molecular formula is C13H18FNO. The normalized spacial score (nSPS) is 23.0. The SMILES string of the molecule is OC(Cc1ccccc1F)C1CCCNC1. The third kappa shape index (κ3) is 2.80. The van der Waals surface area contributed by atoms with E-state index in [4.69, 9.17) is 0 Å². The molecule has 88 valence electrons. The summed E-state index contributed by atoms with van der Waals surface area (Å²) in [5.41, 5.74) is 0.612. The zero-order valence-corrected chi connectivity index (χ0v) is 9.32. The summed E-state index contributed by atoms with van der Waals surface area (Å²) < 4.78 is 13.4. The molecule has 1 saturated heterocycles. The number of nitrogens with one attached hydrogen (secondary N) is 1. The fourth-order valence-electron chi connectivity index (χ4n) is 2.26. The van der Waals surface area contributed by atoms with E-state index in [1.54, 1.807) is 12.1 Å². The predicted molar refractivity (Wildman–Crippen MR) is 61.7 cm³/mol. The summed E-state index contributed by atoms with van der Waals surface area (Å²) in [6.45, 7) is 1.87. The van der Waals surface area contributed by atoms with Crippen molar-refractivity contribution in [1.82, 2.24) is 5.32 Å². The Labute approximate surface area is 95.5 Å². The molecule has 1 aliphatic heterocycles. The van der Waals surface area contributed by atoms with Crippen LogP contribution < -0.4 is 5.32 Å². The summed E-state index contributed by atoms with van der Waals surface area (Å²) in [5.74, 6) is 0.0404. The number of aliphatic hydroxyl groups excluding tert-OH is 1. The van der Waals surface area contributed by atoms with Crippen LogP contribution in [0.5, 0.6) is 0 Å². The summed E-state index contributed by atoms with van der Waals surface area (Å²) in [5, 5.41) is 13.3. The number of hydrogen-bond acceptors (Lipinski definition) is 2. The molecule has 1 aliphatic rings. The van der Waals surface area contributed by atoms with Crippen molar-refractivity contribution in [1.29, 1.82) is 0 Å². The average molecular weight is 223 g/mol. The van der Waals surface area contributed by atoms with Crippen molar-refractivity contribution in [3.63, 3.8) is 0 Å². The smallest absolute Gasteiger partial charge is 0.126 e. The lowest BCUT2D eigenvalue weighted by Crippen LogP contribution is -2.37. The fraction of sp³-hybridized carbons (Fsp3) is 0.538. The number of hydrogen-bond donors (Lipinski definition) is 2. The minimum absolute atomic E-state index is 0.217. The van der Waals surface area contributed by atoms with Gasteiger partial charge in [-0.25, -0.2) is 4.39 Å². The van der Waals surface area contributed by atoms with Gasteiger partial charge in [0.05, 0.1) is 6.10 Å². The van der Waals surface area contributed by atoms with Gasteiger partial charge in [-0.3, -0.25) is 0 Å². The van der Waals surface area contributed by atoms with Crippen LogP contribution in [0.15, 0.2) is 24.3 Å². The lowest BCUT2D eigenvalue weighted by molar-refractivity contribution is 0.0914. The van der Waals surface area contributed by atoms with Crippen LogP contribution in [-0.2, 0) is 6.42 Å². The Balaban J connectivity index is 1.96. The van der Waals surface area contributed by atoms with Crippen LogP contribution in [0, 0.1) is 11.7 Å². The molecule has 0 aromatic heterocycles. The summed E-state index contributed by atoms with van der Waals surface area (Å²) in [4.78, 5) is 0. The van der Waals surface area contributed by atoms with Gasteiger partial charge in [0.2, 0.25) is 0 Å². The van der Waals surface area contributed by atoms with Gasteiger partial charge in [-0.05, 0) is 36.9 Å². The third-order valence-corrected chi connectivity index (χ3v) is 3.27. The highest BCUT2D eigenvalue weighted by Gasteiger charge is 2.22. The van der Waals surface area contributed by atoms with Crippen molar-refractivity contribution in [3.05, 3.63) is 35.6 Å². The van der Waals surface area contributed by atoms with E-state index in [2.05, 4.69) is 5.32 Å². The van der Waals surface area contributed by atoms with Gasteiger partial charge in [-0.1, -0.05) is 18.2 Å². The second-order valence-corrected chi connectivity index (χ2v) is 4.47. The van der Waals surface area contributed by atoms with Crippen molar-refractivity contribution in [2.45, 2.75) is 25.4 Å². The van der Waals surface area contributed by atoms with Gasteiger partial charge in [0.1, 0.15) is 5.82 Å². The van der Waals surface area contributed by atoms with Gasteiger partial charge in [-0.2, -0.15) is 0 Å². The van der Waals surface area contributed by atoms with Crippen molar-refractivity contribution >= 4 is 0 Å². The Morgan fingerprint density at radius 2 is 2.25 bits per heavy atom. The van der Waals surface area contributed by atoms with Gasteiger partial charge in [-0.15, -0.1) is 0 Å². The van der Waals surface area contributed by atoms with Gasteiger partial charge < -0.3 is 10.4 Å². The molecule has 1 aromatic rings. The standard InChI is InChI=1S/C13H18FNO/c14-12-6-2-1-4-10(12)8-13(16)11-5-3-7-15-9-11/h1-2,4,6,11,13,15-16H,3,5,7-9H2. The maximum Gasteiger partial charge on any atom is 0.126 e. The van der Waals surface area contributed by atoms with Crippen molar-refractivity contribution in [2.75, 3.05) is 13.1 Å². The molecule has 0 radical (unpaired) electrons. The van der Waals surface area contributed by atoms with Gasteiger partial charge in [0.25, 0.3) is 0 Å². The summed E-state index contributed by atoms with van der Waals surface area (Å²) in [6, 6.07) is 6.67. The van der Waals surface area contributed by atoms with E-state index >= 15 is 0 Å². The fourth-order valence-corrected chi connectivity index (χ4v) is 2.26. The maximum absolute atomic E-state index is 13.4. The lowest BCUT2D eigenvalue weighted by atomic mass is 9.90. The molecule has 1 fully saturated rings. The largest absolute Gasteiger partial charge is 0.392 e. The molecule has 0 saturated carbocycles. The Morgan fingerprint density at radius 3 is 2.94 bits per heavy atom. The quantitative estimate of drug-likeness (QED) is 0.818. The van der Waals surface area contributed by atoms with Crippen molar-refractivity contribution in [2.24, 2.45) is 5.92 Å². The van der Waals surface area contributed by atoms with Crippen molar-refractivity contribution < 1.29 is 9.50 Å². The van der Waals surface area contributed by atoms with Crippen LogP contribution in [0.25, 0.3) is 0 Å². The topological polar surface area (TPSA) is 32.3 Å². The second kappa shape index (κ2) is 5.41. The van der Waals surface area contributed by atoms with E-state index in [0.717, 1.165) is 25.9 Å². The minimum Gasteiger partial charge on any atom is -0.392 e. The van der Waals surface area contributed by atoms with Crippen LogP contribution in [-0.4, -0.2) is 24.3 Å². The summed E-state index contributed by atoms with van der Waals surface area (Å²) in [7, 11) is 0. The third-order valence-electron chi connectivity index (χ3n) is 3.27. The maximum atomic E-state index is 13.4. The number of halogens is 1. The zero-order valence-electron chi connectivity index (χ0n) is 9.32. The van der Waals surface area contributed by atoms with E-state index in [1.807, 2.05) is 6.07 Å². The molecule has 2 atom stereocenters. The Bertz CT molecular complexity index is 336. The molecule has 0 bridgehead atoms. The van der Waals surface area contributed by atoms with Gasteiger partial charge >= 0.3 is 0 Å². The molecule has 2 unspecified atom stereocenters. The molecule has 2 N–H and O–H groups in total. The molecular weight excluding hydrogens is 205 g/mol. The van der Waals surface area contributed by atoms with Crippen molar-refractivity contribution in [3.8, 4) is 0 Å². The first-order valence-electron chi connectivity index (χ1n) is 5.89. The van der Waals surface area contributed by atoms with Crippen LogP contribution >= 0.6 is 0 Å². The van der Waals surface area contributed by atoms with Crippen LogP contribution in [0.2, 0.25) is 0 Å². The molecule has 2 rings (SSSR count). The molecule has 0 amide bonds. The Hall–Kier alpha value is -0.930. The number of benzene rings is 1. The van der Waals surface area contributed by atoms with E-state index in [0.29, 0.717) is 12.0 Å². The predicted octanol–water partition coefficient (Wildman–Crippen LogP) is 1.73. The molecule has 3 heteroatoms. The molecule has 0 spiro atoms. The highest BCUT2D eigenvalue weighted by atomic mass is 19.1. The minimum atomic E-state index is -0.440. The highest BCUT2D eigenvalue weighted by molar-refractivity contribution is 5.18. The number of piperidine rings is 1. The van der Waals surface area contributed by atoms with Gasteiger partial charge in [0, 0.05) is 13.0 Å². The Morgan fingerprint density at radius 1 is 1.44 bits per heavy atom. The second-order valence-electron chi connectivity index (χ2n) is 4.47. The van der Waals surface area contributed by atoms with E-state index in [-0.39, 0.29) is 11.7 Å². The average Bonchev–Trinajstić information content (AvgIpc) is 2.33. The van der Waals surface area contributed by atoms with E-state index in [1.165, 1.54) is 6.07 Å². The van der Waals surface area contributed by atoms with E-state index in [9.17, 15) is 9.50 Å². The number of rotatable bonds is 3. The van der Waals surface area contributed by atoms with Crippen LogP contribution in [0.3, 0.4) is 0 Å².